The summed E-state index contributed by atoms with van der Waals surface area (Å²) in [5.74, 6) is 2.00. The average molecular weight is 375 g/mol. The zero-order valence-corrected chi connectivity index (χ0v) is 18.1. The van der Waals surface area contributed by atoms with Crippen molar-refractivity contribution in [1.82, 2.24) is 0 Å². The smallest absolute Gasteiger partial charge is 0.0149 e. The Labute approximate surface area is 172 Å². The second-order valence-electron chi connectivity index (χ2n) is 9.45. The lowest BCUT2D eigenvalue weighted by molar-refractivity contribution is 0.252. The van der Waals surface area contributed by atoms with Crippen molar-refractivity contribution in [3.8, 4) is 11.1 Å². The Bertz CT molecular complexity index is 777. The van der Waals surface area contributed by atoms with Crippen molar-refractivity contribution in [3.63, 3.8) is 0 Å². The van der Waals surface area contributed by atoms with Crippen molar-refractivity contribution >= 4 is 0 Å². The third-order valence-corrected chi connectivity index (χ3v) is 7.34. The molecule has 0 bridgehead atoms. The fourth-order valence-corrected chi connectivity index (χ4v) is 5.69. The number of hydrogen-bond donors (Lipinski definition) is 0. The molecule has 4 rings (SSSR count). The molecule has 2 aromatic carbocycles. The van der Waals surface area contributed by atoms with Crippen LogP contribution in [-0.2, 0) is 25.7 Å². The maximum absolute atomic E-state index is 2.53. The molecule has 150 valence electrons. The maximum atomic E-state index is 2.53. The highest BCUT2D eigenvalue weighted by Crippen LogP contribution is 2.36. The number of rotatable bonds is 7. The Hall–Kier alpha value is -1.56. The van der Waals surface area contributed by atoms with E-state index in [4.69, 9.17) is 0 Å². The van der Waals surface area contributed by atoms with Gasteiger partial charge in [0.2, 0.25) is 0 Å². The van der Waals surface area contributed by atoms with Crippen LogP contribution in [0.4, 0.5) is 0 Å². The number of hydrogen-bond acceptors (Lipinski definition) is 0. The molecule has 0 nitrogen and oxygen atoms in total. The Balaban J connectivity index is 1.38. The largest absolute Gasteiger partial charge is 0.0654 e. The van der Waals surface area contributed by atoms with Gasteiger partial charge in [-0.05, 0) is 77.3 Å². The fourth-order valence-electron chi connectivity index (χ4n) is 5.69. The summed E-state index contributed by atoms with van der Waals surface area (Å²) in [6.07, 6.45) is 16.3. The van der Waals surface area contributed by atoms with Gasteiger partial charge in [0.15, 0.2) is 0 Å². The molecule has 0 atom stereocenters. The summed E-state index contributed by atoms with van der Waals surface area (Å²) in [7, 11) is 0. The molecule has 0 amide bonds. The molecule has 2 aliphatic carbocycles. The van der Waals surface area contributed by atoms with Crippen molar-refractivity contribution in [2.24, 2.45) is 11.8 Å². The quantitative estimate of drug-likeness (QED) is 0.461. The predicted molar refractivity (Wildman–Crippen MR) is 122 cm³/mol. The molecule has 0 heterocycles. The highest BCUT2D eigenvalue weighted by molar-refractivity contribution is 5.73. The first kappa shape index (κ1) is 19.7. The lowest BCUT2D eigenvalue weighted by atomic mass is 9.77. The van der Waals surface area contributed by atoms with Crippen molar-refractivity contribution < 1.29 is 0 Å². The van der Waals surface area contributed by atoms with E-state index in [2.05, 4.69) is 50.2 Å². The van der Waals surface area contributed by atoms with Gasteiger partial charge in [-0.15, -0.1) is 0 Å². The van der Waals surface area contributed by atoms with Gasteiger partial charge >= 0.3 is 0 Å². The van der Waals surface area contributed by atoms with Crippen LogP contribution < -0.4 is 0 Å². The molecule has 28 heavy (non-hydrogen) atoms. The van der Waals surface area contributed by atoms with Gasteiger partial charge in [0.05, 0.1) is 0 Å². The van der Waals surface area contributed by atoms with Crippen molar-refractivity contribution in [2.75, 3.05) is 0 Å². The minimum absolute atomic E-state index is 0.974. The lowest BCUT2D eigenvalue weighted by Crippen LogP contribution is -2.15. The van der Waals surface area contributed by atoms with Gasteiger partial charge in [0, 0.05) is 0 Å². The van der Waals surface area contributed by atoms with E-state index in [1.165, 1.54) is 93.7 Å². The van der Waals surface area contributed by atoms with Gasteiger partial charge in [-0.25, -0.2) is 0 Å². The van der Waals surface area contributed by atoms with Crippen LogP contribution in [0.15, 0.2) is 36.4 Å². The fraction of sp³-hybridized carbons (Fsp3) is 0.571. The number of aryl methyl sites for hydroxylation is 4. The summed E-state index contributed by atoms with van der Waals surface area (Å²) in [4.78, 5) is 0. The van der Waals surface area contributed by atoms with Gasteiger partial charge in [0.1, 0.15) is 0 Å². The number of benzene rings is 2. The van der Waals surface area contributed by atoms with Crippen LogP contribution in [0.5, 0.6) is 0 Å². The second kappa shape index (κ2) is 9.29. The molecular weight excluding hydrogens is 336 g/mol. The standard InChI is InChI=1S/C28H38/c1-3-5-21-7-9-22(10-8-21)11-12-24-14-18-28-26(20-24)16-15-25-19-23(6-4-2)13-17-27(25)28/h13-14,17-22H,3-12,15-16H2,1-2H3. The summed E-state index contributed by atoms with van der Waals surface area (Å²) < 4.78 is 0. The third kappa shape index (κ3) is 4.53. The zero-order valence-electron chi connectivity index (χ0n) is 18.1. The molecule has 0 aromatic heterocycles. The normalized spacial score (nSPS) is 21.2. The Morgan fingerprint density at radius 1 is 0.643 bits per heavy atom. The first-order chi connectivity index (χ1) is 13.8. The molecule has 1 saturated carbocycles. The molecule has 0 unspecified atom stereocenters. The van der Waals surface area contributed by atoms with Crippen molar-refractivity contribution in [2.45, 2.75) is 90.9 Å². The minimum Gasteiger partial charge on any atom is -0.0654 e. The van der Waals surface area contributed by atoms with E-state index in [1.54, 1.807) is 16.7 Å². The third-order valence-electron chi connectivity index (χ3n) is 7.34. The van der Waals surface area contributed by atoms with Gasteiger partial charge in [-0.3, -0.25) is 0 Å². The van der Waals surface area contributed by atoms with E-state index in [0.29, 0.717) is 0 Å². The maximum Gasteiger partial charge on any atom is -0.0149 e. The van der Waals surface area contributed by atoms with Gasteiger partial charge in [-0.1, -0.05) is 95.2 Å². The molecular formula is C28H38. The molecule has 0 N–H and O–H groups in total. The van der Waals surface area contributed by atoms with Crippen LogP contribution in [0.3, 0.4) is 0 Å². The second-order valence-corrected chi connectivity index (χ2v) is 9.45. The Morgan fingerprint density at radius 3 is 1.71 bits per heavy atom. The highest BCUT2D eigenvalue weighted by atomic mass is 14.3. The van der Waals surface area contributed by atoms with Crippen LogP contribution in [-0.4, -0.2) is 0 Å². The summed E-state index contributed by atoms with van der Waals surface area (Å²) >= 11 is 0. The molecule has 2 aliphatic rings. The van der Waals surface area contributed by atoms with Gasteiger partial charge < -0.3 is 0 Å². The molecule has 0 heteroatoms. The van der Waals surface area contributed by atoms with Gasteiger partial charge in [0.25, 0.3) is 0 Å². The summed E-state index contributed by atoms with van der Waals surface area (Å²) in [5, 5.41) is 0. The summed E-state index contributed by atoms with van der Waals surface area (Å²) in [6, 6.07) is 14.6. The average Bonchev–Trinajstić information content (AvgIpc) is 2.73. The van der Waals surface area contributed by atoms with Crippen molar-refractivity contribution in [3.05, 3.63) is 58.7 Å². The Morgan fingerprint density at radius 2 is 1.18 bits per heavy atom. The summed E-state index contributed by atoms with van der Waals surface area (Å²) in [5.41, 5.74) is 9.21. The highest BCUT2D eigenvalue weighted by Gasteiger charge is 2.21. The van der Waals surface area contributed by atoms with E-state index in [9.17, 15) is 0 Å². The molecule has 1 fully saturated rings. The van der Waals surface area contributed by atoms with E-state index in [-0.39, 0.29) is 0 Å². The molecule has 0 aliphatic heterocycles. The zero-order chi connectivity index (χ0) is 19.3. The van der Waals surface area contributed by atoms with E-state index < -0.39 is 0 Å². The van der Waals surface area contributed by atoms with E-state index in [0.717, 1.165) is 11.8 Å². The number of fused-ring (bicyclic) bond motifs is 3. The van der Waals surface area contributed by atoms with Crippen LogP contribution in [0.1, 0.15) is 87.5 Å². The first-order valence-corrected chi connectivity index (χ1v) is 12.0. The van der Waals surface area contributed by atoms with Crippen molar-refractivity contribution in [1.29, 1.82) is 0 Å². The van der Waals surface area contributed by atoms with E-state index in [1.807, 2.05) is 0 Å². The topological polar surface area (TPSA) is 0 Å². The minimum atomic E-state index is 0.974. The van der Waals surface area contributed by atoms with Crippen LogP contribution in [0.2, 0.25) is 0 Å². The summed E-state index contributed by atoms with van der Waals surface area (Å²) in [6.45, 7) is 4.61. The monoisotopic (exact) mass is 374 g/mol. The molecule has 2 aromatic rings. The van der Waals surface area contributed by atoms with Gasteiger partial charge in [-0.2, -0.15) is 0 Å². The van der Waals surface area contributed by atoms with Crippen LogP contribution in [0.25, 0.3) is 11.1 Å². The molecule has 0 spiro atoms. The van der Waals surface area contributed by atoms with Crippen LogP contribution >= 0.6 is 0 Å². The first-order valence-electron chi connectivity index (χ1n) is 12.0. The molecule has 0 saturated heterocycles. The SMILES string of the molecule is CCCc1ccc2c(c1)CCc1cc(CCC3CCC(CCC)CC3)ccc1-2. The Kier molecular flexibility index (Phi) is 6.55. The van der Waals surface area contributed by atoms with E-state index >= 15 is 0 Å². The molecule has 0 radical (unpaired) electrons. The predicted octanol–water partition coefficient (Wildman–Crippen LogP) is 7.94. The lowest BCUT2D eigenvalue weighted by Gasteiger charge is -2.28. The van der Waals surface area contributed by atoms with Crippen LogP contribution in [0, 0.1) is 11.8 Å².